The van der Waals surface area contributed by atoms with Gasteiger partial charge in [-0.25, -0.2) is 9.69 Å². The standard InChI is InChI=1S/C18H14IN3O4/c1-26-15-9-5-4-8-14(15)22-17(24)11(16(23)21-18(22)25)10-20-13-7-3-2-6-12(13)19/h2-11H,1H3,(H,21,23,25)/t11-/m1/s1. The van der Waals surface area contributed by atoms with E-state index >= 15 is 0 Å². The molecule has 3 rings (SSSR count). The lowest BCUT2D eigenvalue weighted by Gasteiger charge is -2.29. The number of anilines is 1. The first-order valence-corrected chi connectivity index (χ1v) is 8.71. The van der Waals surface area contributed by atoms with E-state index in [4.69, 9.17) is 4.74 Å². The SMILES string of the molecule is COc1ccccc1N1C(=O)NC(=O)[C@@H](C=Nc2ccccc2I)C1=O. The summed E-state index contributed by atoms with van der Waals surface area (Å²) in [5, 5.41) is 2.19. The zero-order valence-electron chi connectivity index (χ0n) is 13.7. The summed E-state index contributed by atoms with van der Waals surface area (Å²) >= 11 is 2.11. The third-order valence-electron chi connectivity index (χ3n) is 3.74. The molecule has 0 aliphatic carbocycles. The van der Waals surface area contributed by atoms with Crippen LogP contribution in [0.15, 0.2) is 53.5 Å². The zero-order valence-corrected chi connectivity index (χ0v) is 15.8. The number of nitrogens with zero attached hydrogens (tertiary/aromatic N) is 2. The van der Waals surface area contributed by atoms with Crippen LogP contribution in [0.3, 0.4) is 0 Å². The van der Waals surface area contributed by atoms with Crippen LogP contribution in [0.5, 0.6) is 5.75 Å². The molecule has 0 bridgehead atoms. The Kier molecular flexibility index (Phi) is 5.31. The lowest BCUT2D eigenvalue weighted by molar-refractivity contribution is -0.131. The number of barbiturate groups is 1. The second-order valence-electron chi connectivity index (χ2n) is 5.35. The molecular formula is C18H14IN3O4. The van der Waals surface area contributed by atoms with E-state index in [-0.39, 0.29) is 5.69 Å². The van der Waals surface area contributed by atoms with Crippen LogP contribution in [0, 0.1) is 9.49 Å². The third-order valence-corrected chi connectivity index (χ3v) is 4.66. The highest BCUT2D eigenvalue weighted by atomic mass is 127. The summed E-state index contributed by atoms with van der Waals surface area (Å²) in [5.74, 6) is -2.26. The van der Waals surface area contributed by atoms with Gasteiger partial charge in [0, 0.05) is 9.78 Å². The zero-order chi connectivity index (χ0) is 18.7. The molecule has 7 nitrogen and oxygen atoms in total. The average molecular weight is 463 g/mol. The summed E-state index contributed by atoms with van der Waals surface area (Å²) in [5.41, 5.74) is 0.895. The van der Waals surface area contributed by atoms with Gasteiger partial charge in [-0.2, -0.15) is 0 Å². The Morgan fingerprint density at radius 1 is 1.12 bits per heavy atom. The number of methoxy groups -OCH3 is 1. The molecule has 0 saturated carbocycles. The number of urea groups is 1. The molecule has 1 aliphatic heterocycles. The first-order valence-electron chi connectivity index (χ1n) is 7.63. The predicted molar refractivity (Wildman–Crippen MR) is 105 cm³/mol. The fourth-order valence-corrected chi connectivity index (χ4v) is 3.00. The van der Waals surface area contributed by atoms with Gasteiger partial charge in [0.2, 0.25) is 5.91 Å². The molecule has 26 heavy (non-hydrogen) atoms. The van der Waals surface area contributed by atoms with Crippen molar-refractivity contribution in [3.63, 3.8) is 0 Å². The highest BCUT2D eigenvalue weighted by molar-refractivity contribution is 14.1. The number of carbonyl (C=O) groups excluding carboxylic acids is 3. The number of halogens is 1. The number of rotatable bonds is 4. The third kappa shape index (κ3) is 3.45. The van der Waals surface area contributed by atoms with Gasteiger partial charge >= 0.3 is 6.03 Å². The fourth-order valence-electron chi connectivity index (χ4n) is 2.48. The number of benzene rings is 2. The molecule has 0 unspecified atom stereocenters. The maximum Gasteiger partial charge on any atom is 0.335 e. The Labute approximate surface area is 163 Å². The van der Waals surface area contributed by atoms with Crippen molar-refractivity contribution in [2.24, 2.45) is 10.9 Å². The van der Waals surface area contributed by atoms with Crippen LogP contribution in [-0.2, 0) is 9.59 Å². The molecular weight excluding hydrogens is 449 g/mol. The number of para-hydroxylation sites is 3. The molecule has 2 aromatic carbocycles. The van der Waals surface area contributed by atoms with Crippen LogP contribution >= 0.6 is 22.6 Å². The van der Waals surface area contributed by atoms with E-state index in [1.54, 1.807) is 30.3 Å². The molecule has 0 radical (unpaired) electrons. The molecule has 1 N–H and O–H groups in total. The van der Waals surface area contributed by atoms with Gasteiger partial charge in [0.1, 0.15) is 5.75 Å². The lowest BCUT2D eigenvalue weighted by atomic mass is 10.1. The number of carbonyl (C=O) groups is 3. The normalized spacial score (nSPS) is 17.5. The molecule has 1 aliphatic rings. The van der Waals surface area contributed by atoms with Crippen molar-refractivity contribution in [2.75, 3.05) is 12.0 Å². The summed E-state index contributed by atoms with van der Waals surface area (Å²) in [6.07, 6.45) is 1.25. The number of ether oxygens (including phenoxy) is 1. The average Bonchev–Trinajstić information content (AvgIpc) is 2.63. The van der Waals surface area contributed by atoms with Gasteiger partial charge in [0.05, 0.1) is 18.5 Å². The van der Waals surface area contributed by atoms with Gasteiger partial charge < -0.3 is 4.74 Å². The van der Waals surface area contributed by atoms with Crippen molar-refractivity contribution < 1.29 is 19.1 Å². The molecule has 0 spiro atoms. The molecule has 132 valence electrons. The van der Waals surface area contributed by atoms with Crippen LogP contribution in [0.2, 0.25) is 0 Å². The maximum absolute atomic E-state index is 12.8. The van der Waals surface area contributed by atoms with Crippen molar-refractivity contribution >= 4 is 58.0 Å². The van der Waals surface area contributed by atoms with E-state index in [0.717, 1.165) is 8.47 Å². The smallest absolute Gasteiger partial charge is 0.335 e. The highest BCUT2D eigenvalue weighted by Gasteiger charge is 2.41. The monoisotopic (exact) mass is 463 g/mol. The van der Waals surface area contributed by atoms with E-state index in [1.807, 2.05) is 18.2 Å². The van der Waals surface area contributed by atoms with Crippen molar-refractivity contribution in [3.8, 4) is 5.75 Å². The van der Waals surface area contributed by atoms with Gasteiger partial charge in [-0.1, -0.05) is 24.3 Å². The highest BCUT2D eigenvalue weighted by Crippen LogP contribution is 2.30. The Hall–Kier alpha value is -2.75. The molecule has 1 saturated heterocycles. The van der Waals surface area contributed by atoms with Crippen molar-refractivity contribution in [3.05, 3.63) is 52.1 Å². The maximum atomic E-state index is 12.8. The van der Waals surface area contributed by atoms with Gasteiger partial charge in [0.25, 0.3) is 5.91 Å². The summed E-state index contributed by atoms with van der Waals surface area (Å²) in [6.45, 7) is 0. The van der Waals surface area contributed by atoms with E-state index in [0.29, 0.717) is 11.4 Å². The number of amides is 4. The minimum atomic E-state index is -1.21. The number of hydrogen-bond acceptors (Lipinski definition) is 5. The molecule has 2 aromatic rings. The van der Waals surface area contributed by atoms with E-state index in [1.165, 1.54) is 13.3 Å². The van der Waals surface area contributed by atoms with E-state index < -0.39 is 23.8 Å². The number of aliphatic imine (C=N–C) groups is 1. The van der Waals surface area contributed by atoms with E-state index in [2.05, 4.69) is 32.9 Å². The first-order chi connectivity index (χ1) is 12.5. The van der Waals surface area contributed by atoms with Crippen LogP contribution in [0.1, 0.15) is 0 Å². The number of nitrogens with one attached hydrogen (secondary N) is 1. The van der Waals surface area contributed by atoms with Crippen molar-refractivity contribution in [1.82, 2.24) is 5.32 Å². The topological polar surface area (TPSA) is 88.1 Å². The molecule has 4 amide bonds. The molecule has 0 aromatic heterocycles. The van der Waals surface area contributed by atoms with Crippen molar-refractivity contribution in [2.45, 2.75) is 0 Å². The molecule has 1 atom stereocenters. The second-order valence-corrected chi connectivity index (χ2v) is 6.51. The summed E-state index contributed by atoms with van der Waals surface area (Å²) < 4.78 is 6.09. The first kappa shape index (κ1) is 18.1. The quantitative estimate of drug-likeness (QED) is 0.429. The minimum absolute atomic E-state index is 0.262. The Morgan fingerprint density at radius 2 is 1.81 bits per heavy atom. The van der Waals surface area contributed by atoms with E-state index in [9.17, 15) is 14.4 Å². The van der Waals surface area contributed by atoms with Crippen molar-refractivity contribution in [1.29, 1.82) is 0 Å². The Balaban J connectivity index is 1.95. The summed E-state index contributed by atoms with van der Waals surface area (Å²) in [4.78, 5) is 42.3. The van der Waals surface area contributed by atoms with Gasteiger partial charge in [0.15, 0.2) is 5.92 Å². The molecule has 1 heterocycles. The molecule has 8 heteroatoms. The Morgan fingerprint density at radius 3 is 2.54 bits per heavy atom. The summed E-state index contributed by atoms with van der Waals surface area (Å²) in [6, 6.07) is 13.1. The lowest BCUT2D eigenvalue weighted by Crippen LogP contribution is -2.58. The fraction of sp³-hybridized carbons (Fsp3) is 0.111. The minimum Gasteiger partial charge on any atom is -0.495 e. The predicted octanol–water partition coefficient (Wildman–Crippen LogP) is 2.90. The van der Waals surface area contributed by atoms with Gasteiger partial charge in [-0.05, 0) is 46.9 Å². The Bertz CT molecular complexity index is 913. The summed E-state index contributed by atoms with van der Waals surface area (Å²) in [7, 11) is 1.44. The number of hydrogen-bond donors (Lipinski definition) is 1. The largest absolute Gasteiger partial charge is 0.495 e. The molecule has 1 fully saturated rings. The van der Waals surface area contributed by atoms with Gasteiger partial charge in [-0.15, -0.1) is 0 Å². The van der Waals surface area contributed by atoms with Crippen LogP contribution in [0.4, 0.5) is 16.2 Å². The van der Waals surface area contributed by atoms with Crippen LogP contribution in [0.25, 0.3) is 0 Å². The van der Waals surface area contributed by atoms with Crippen LogP contribution in [-0.4, -0.2) is 31.2 Å². The van der Waals surface area contributed by atoms with Gasteiger partial charge in [-0.3, -0.25) is 19.9 Å². The second kappa shape index (κ2) is 7.65. The number of imide groups is 2. The van der Waals surface area contributed by atoms with Crippen LogP contribution < -0.4 is 15.0 Å².